The van der Waals surface area contributed by atoms with Crippen molar-refractivity contribution < 1.29 is 8.83 Å². The number of para-hydroxylation sites is 1. The average Bonchev–Trinajstić information content (AvgIpc) is 3.92. The predicted molar refractivity (Wildman–Crippen MR) is 246 cm³/mol. The molecule has 0 bridgehead atoms. The normalized spacial score (nSPS) is 11.5. The summed E-state index contributed by atoms with van der Waals surface area (Å²) in [6.45, 7) is 0. The summed E-state index contributed by atoms with van der Waals surface area (Å²) < 4.78 is 12.7. The van der Waals surface area contributed by atoms with Crippen molar-refractivity contribution in [1.29, 1.82) is 0 Å². The van der Waals surface area contributed by atoms with Crippen LogP contribution in [-0.4, -0.2) is 29.9 Å². The topological polar surface area (TPSA) is 104 Å². The van der Waals surface area contributed by atoms with Crippen LogP contribution in [0.4, 0.5) is 0 Å². The van der Waals surface area contributed by atoms with Gasteiger partial charge in [-0.1, -0.05) is 152 Å². The first-order valence-electron chi connectivity index (χ1n) is 20.4. The smallest absolute Gasteiger partial charge is 0.164 e. The highest BCUT2D eigenvalue weighted by Gasteiger charge is 2.20. The summed E-state index contributed by atoms with van der Waals surface area (Å²) >= 11 is 0. The minimum Gasteiger partial charge on any atom is -0.456 e. The molecule has 12 aromatic rings. The molecule has 8 heteroatoms. The lowest BCUT2D eigenvalue weighted by molar-refractivity contribution is 0.668. The van der Waals surface area contributed by atoms with Gasteiger partial charge in [-0.25, -0.2) is 29.9 Å². The molecule has 4 heterocycles. The summed E-state index contributed by atoms with van der Waals surface area (Å²) in [7, 11) is 0. The maximum Gasteiger partial charge on any atom is 0.164 e. The second kappa shape index (κ2) is 14.6. The molecule has 290 valence electrons. The quantitative estimate of drug-likeness (QED) is 0.157. The lowest BCUT2D eigenvalue weighted by Crippen LogP contribution is -2.00. The van der Waals surface area contributed by atoms with Gasteiger partial charge in [-0.05, 0) is 53.6 Å². The first-order valence-corrected chi connectivity index (χ1v) is 20.4. The minimum atomic E-state index is 0.560. The van der Waals surface area contributed by atoms with Crippen LogP contribution >= 0.6 is 0 Å². The van der Waals surface area contributed by atoms with Crippen LogP contribution in [-0.2, 0) is 0 Å². The summed E-state index contributed by atoms with van der Waals surface area (Å²) in [5, 5.41) is 4.01. The van der Waals surface area contributed by atoms with Gasteiger partial charge < -0.3 is 8.83 Å². The lowest BCUT2D eigenvalue weighted by atomic mass is 9.99. The highest BCUT2D eigenvalue weighted by atomic mass is 16.3. The van der Waals surface area contributed by atoms with E-state index < -0.39 is 0 Å². The van der Waals surface area contributed by atoms with Crippen molar-refractivity contribution >= 4 is 43.9 Å². The molecular formula is C54H32N6O2. The Kier molecular flexibility index (Phi) is 8.31. The molecule has 0 fully saturated rings. The van der Waals surface area contributed by atoms with Gasteiger partial charge in [0.2, 0.25) is 0 Å². The SMILES string of the molecule is c1ccc(-c2nc(-c3cccc(-c4ccc5oc6cccc(-c7nc(-c8ccccc8)nc(-c8ccccc8)n7)c6c5c4)c3)nc(-c3ccc4c(c3)oc3ccccc34)n2)cc1. The molecule has 62 heavy (non-hydrogen) atoms. The van der Waals surface area contributed by atoms with Crippen molar-refractivity contribution in [3.05, 3.63) is 194 Å². The second-order valence-corrected chi connectivity index (χ2v) is 15.1. The molecule has 0 spiro atoms. The number of nitrogens with zero attached hydrogens (tertiary/aromatic N) is 6. The fourth-order valence-electron chi connectivity index (χ4n) is 8.18. The zero-order valence-corrected chi connectivity index (χ0v) is 33.0. The Morgan fingerprint density at radius 1 is 0.242 bits per heavy atom. The Hall–Kier alpha value is -8.62. The van der Waals surface area contributed by atoms with E-state index in [9.17, 15) is 0 Å². The van der Waals surface area contributed by atoms with Gasteiger partial charge in [0, 0.05) is 54.9 Å². The number of aromatic nitrogens is 6. The number of rotatable bonds is 7. The van der Waals surface area contributed by atoms with E-state index >= 15 is 0 Å². The third-order valence-electron chi connectivity index (χ3n) is 11.2. The summed E-state index contributed by atoms with van der Waals surface area (Å²) in [6.07, 6.45) is 0. The number of hydrogen-bond donors (Lipinski definition) is 0. The molecule has 0 unspecified atom stereocenters. The Balaban J connectivity index is 0.978. The highest BCUT2D eigenvalue weighted by molar-refractivity contribution is 6.13. The van der Waals surface area contributed by atoms with Crippen molar-refractivity contribution in [2.75, 3.05) is 0 Å². The third kappa shape index (κ3) is 6.26. The molecule has 4 aromatic heterocycles. The van der Waals surface area contributed by atoms with Crippen LogP contribution in [0.3, 0.4) is 0 Å². The van der Waals surface area contributed by atoms with Crippen molar-refractivity contribution in [3.8, 4) is 79.5 Å². The Morgan fingerprint density at radius 2 is 0.677 bits per heavy atom. The van der Waals surface area contributed by atoms with Crippen molar-refractivity contribution in [2.45, 2.75) is 0 Å². The molecule has 0 aliphatic carbocycles. The van der Waals surface area contributed by atoms with E-state index in [-0.39, 0.29) is 0 Å². The van der Waals surface area contributed by atoms with Crippen LogP contribution < -0.4 is 0 Å². The van der Waals surface area contributed by atoms with Gasteiger partial charge >= 0.3 is 0 Å². The van der Waals surface area contributed by atoms with Gasteiger partial charge in [0.25, 0.3) is 0 Å². The van der Waals surface area contributed by atoms with Crippen molar-refractivity contribution in [1.82, 2.24) is 29.9 Å². The number of fused-ring (bicyclic) bond motifs is 6. The van der Waals surface area contributed by atoms with Gasteiger partial charge in [0.05, 0.1) is 0 Å². The molecule has 0 amide bonds. The fraction of sp³-hybridized carbons (Fsp3) is 0. The zero-order valence-electron chi connectivity index (χ0n) is 33.0. The molecule has 0 aliphatic heterocycles. The fourth-order valence-corrected chi connectivity index (χ4v) is 8.18. The number of benzene rings is 8. The number of furan rings is 2. The molecule has 8 nitrogen and oxygen atoms in total. The standard InChI is InChI=1S/C54H32N6O2/c1-4-14-33(15-5-1)49-56-52(58-53(57-49)39-26-28-41-40-22-10-11-24-44(40)62-47(41)32-39)38-21-12-20-36(30-38)37-27-29-45-43(31-37)48-42(23-13-25-46(48)61-45)54-59-50(34-16-6-2-7-17-34)55-51(60-54)35-18-8-3-9-19-35/h1-32H. The number of hydrogen-bond acceptors (Lipinski definition) is 8. The average molecular weight is 797 g/mol. The van der Waals surface area contributed by atoms with Gasteiger partial charge in [-0.3, -0.25) is 0 Å². The van der Waals surface area contributed by atoms with E-state index in [1.54, 1.807) is 0 Å². The van der Waals surface area contributed by atoms with Crippen LogP contribution in [0, 0.1) is 0 Å². The first kappa shape index (κ1) is 35.3. The maximum absolute atomic E-state index is 6.48. The van der Waals surface area contributed by atoms with E-state index in [2.05, 4.69) is 48.5 Å². The Bertz CT molecular complexity index is 3580. The molecular weight excluding hydrogens is 765 g/mol. The molecule has 0 saturated heterocycles. The molecule has 0 aliphatic rings. The van der Waals surface area contributed by atoms with Gasteiger partial charge in [-0.15, -0.1) is 0 Å². The van der Waals surface area contributed by atoms with E-state index in [0.717, 1.165) is 88.4 Å². The maximum atomic E-state index is 6.48. The minimum absolute atomic E-state index is 0.560. The second-order valence-electron chi connectivity index (χ2n) is 15.1. The summed E-state index contributed by atoms with van der Waals surface area (Å²) in [5.41, 5.74) is 10.4. The molecule has 0 saturated carbocycles. The van der Waals surface area contributed by atoms with Crippen molar-refractivity contribution in [2.24, 2.45) is 0 Å². The lowest BCUT2D eigenvalue weighted by Gasteiger charge is -2.10. The summed E-state index contributed by atoms with van der Waals surface area (Å²) in [6, 6.07) is 64.9. The first-order chi connectivity index (χ1) is 30.7. The predicted octanol–water partition coefficient (Wildman–Crippen LogP) is 13.5. The van der Waals surface area contributed by atoms with Crippen LogP contribution in [0.25, 0.3) is 123 Å². The molecule has 0 radical (unpaired) electrons. The van der Waals surface area contributed by atoms with Crippen LogP contribution in [0.15, 0.2) is 203 Å². The van der Waals surface area contributed by atoms with E-state index in [1.807, 2.05) is 146 Å². The highest BCUT2D eigenvalue weighted by Crippen LogP contribution is 2.39. The zero-order chi connectivity index (χ0) is 41.0. The monoisotopic (exact) mass is 796 g/mol. The molecule has 0 N–H and O–H groups in total. The Morgan fingerprint density at radius 3 is 1.34 bits per heavy atom. The van der Waals surface area contributed by atoms with Crippen LogP contribution in [0.1, 0.15) is 0 Å². The summed E-state index contributed by atoms with van der Waals surface area (Å²) in [4.78, 5) is 30.1. The molecule has 12 rings (SSSR count). The van der Waals surface area contributed by atoms with E-state index in [1.165, 1.54) is 0 Å². The summed E-state index contributed by atoms with van der Waals surface area (Å²) in [5.74, 6) is 3.48. The van der Waals surface area contributed by atoms with E-state index in [0.29, 0.717) is 34.9 Å². The molecule has 8 aromatic carbocycles. The Labute approximate surface area is 354 Å². The van der Waals surface area contributed by atoms with Crippen LogP contribution in [0.2, 0.25) is 0 Å². The van der Waals surface area contributed by atoms with Crippen molar-refractivity contribution in [3.63, 3.8) is 0 Å². The van der Waals surface area contributed by atoms with Gasteiger partial charge in [-0.2, -0.15) is 0 Å². The van der Waals surface area contributed by atoms with Gasteiger partial charge in [0.1, 0.15) is 22.3 Å². The third-order valence-corrected chi connectivity index (χ3v) is 11.2. The largest absolute Gasteiger partial charge is 0.456 e. The molecule has 0 atom stereocenters. The van der Waals surface area contributed by atoms with Crippen LogP contribution in [0.5, 0.6) is 0 Å². The van der Waals surface area contributed by atoms with E-state index in [4.69, 9.17) is 38.7 Å². The van der Waals surface area contributed by atoms with Gasteiger partial charge in [0.15, 0.2) is 34.9 Å².